The van der Waals surface area contributed by atoms with Crippen LogP contribution in [0.4, 0.5) is 0 Å². The molecule has 0 bridgehead atoms. The standard InChI is InChI=1S/C7H13BrO/c8-6-4-2-1-3-5-7(6)9/h6-7,9H,1-5H2/t6-,7-/m0/s1. The maximum absolute atomic E-state index is 9.31. The van der Waals surface area contributed by atoms with Crippen molar-refractivity contribution in [3.8, 4) is 0 Å². The minimum atomic E-state index is -0.0903. The van der Waals surface area contributed by atoms with Crippen molar-refractivity contribution < 1.29 is 5.11 Å². The molecule has 54 valence electrons. The van der Waals surface area contributed by atoms with E-state index in [1.165, 1.54) is 19.3 Å². The molecule has 0 unspecified atom stereocenters. The van der Waals surface area contributed by atoms with Crippen LogP contribution in [0.1, 0.15) is 32.1 Å². The highest BCUT2D eigenvalue weighted by atomic mass is 79.9. The van der Waals surface area contributed by atoms with Crippen molar-refractivity contribution in [1.29, 1.82) is 0 Å². The summed E-state index contributed by atoms with van der Waals surface area (Å²) in [7, 11) is 0. The Bertz CT molecular complexity index is 75.0. The number of hydrogen-bond acceptors (Lipinski definition) is 1. The minimum absolute atomic E-state index is 0.0903. The van der Waals surface area contributed by atoms with E-state index in [1.807, 2.05) is 0 Å². The second-order valence-corrected chi connectivity index (χ2v) is 3.90. The van der Waals surface area contributed by atoms with Crippen molar-refractivity contribution in [3.63, 3.8) is 0 Å². The fourth-order valence-corrected chi connectivity index (χ4v) is 1.83. The van der Waals surface area contributed by atoms with Crippen LogP contribution in [0.15, 0.2) is 0 Å². The van der Waals surface area contributed by atoms with Gasteiger partial charge in [-0.05, 0) is 12.8 Å². The molecule has 2 heteroatoms. The molecule has 0 radical (unpaired) electrons. The summed E-state index contributed by atoms with van der Waals surface area (Å²) in [6.07, 6.45) is 5.79. The summed E-state index contributed by atoms with van der Waals surface area (Å²) in [4.78, 5) is 0.361. The van der Waals surface area contributed by atoms with Gasteiger partial charge in [-0.15, -0.1) is 0 Å². The molecule has 0 heterocycles. The largest absolute Gasteiger partial charge is 0.392 e. The van der Waals surface area contributed by atoms with Crippen molar-refractivity contribution in [1.82, 2.24) is 0 Å². The quantitative estimate of drug-likeness (QED) is 0.461. The minimum Gasteiger partial charge on any atom is -0.392 e. The molecule has 0 aromatic carbocycles. The molecule has 0 aromatic heterocycles. The molecule has 1 fully saturated rings. The van der Waals surface area contributed by atoms with E-state index in [-0.39, 0.29) is 6.10 Å². The van der Waals surface area contributed by atoms with Gasteiger partial charge in [0.2, 0.25) is 0 Å². The zero-order chi connectivity index (χ0) is 6.69. The molecule has 0 amide bonds. The Balaban J connectivity index is 2.32. The predicted molar refractivity (Wildman–Crippen MR) is 41.8 cm³/mol. The van der Waals surface area contributed by atoms with E-state index in [2.05, 4.69) is 15.9 Å². The Morgan fingerprint density at radius 3 is 2.56 bits per heavy atom. The lowest BCUT2D eigenvalue weighted by atomic mass is 10.2. The van der Waals surface area contributed by atoms with Crippen molar-refractivity contribution in [2.75, 3.05) is 0 Å². The van der Waals surface area contributed by atoms with Gasteiger partial charge >= 0.3 is 0 Å². The van der Waals surface area contributed by atoms with Crippen LogP contribution >= 0.6 is 15.9 Å². The average Bonchev–Trinajstić information content (AvgIpc) is 1.99. The van der Waals surface area contributed by atoms with E-state index in [0.29, 0.717) is 4.83 Å². The zero-order valence-corrected chi connectivity index (χ0v) is 7.10. The van der Waals surface area contributed by atoms with Crippen molar-refractivity contribution in [3.05, 3.63) is 0 Å². The number of hydrogen-bond donors (Lipinski definition) is 1. The molecular formula is C7H13BrO. The topological polar surface area (TPSA) is 20.2 Å². The molecule has 1 aliphatic carbocycles. The molecule has 0 aliphatic heterocycles. The van der Waals surface area contributed by atoms with Gasteiger partial charge in [-0.3, -0.25) is 0 Å². The third kappa shape index (κ3) is 2.26. The molecule has 9 heavy (non-hydrogen) atoms. The lowest BCUT2D eigenvalue weighted by Gasteiger charge is -2.11. The molecule has 0 spiro atoms. The van der Waals surface area contributed by atoms with Crippen LogP contribution in [-0.4, -0.2) is 16.0 Å². The Labute approximate surface area is 64.6 Å². The highest BCUT2D eigenvalue weighted by molar-refractivity contribution is 9.09. The lowest BCUT2D eigenvalue weighted by Crippen LogP contribution is -2.17. The van der Waals surface area contributed by atoms with Crippen LogP contribution in [0.25, 0.3) is 0 Å². The number of alkyl halides is 1. The summed E-state index contributed by atoms with van der Waals surface area (Å²) in [5.41, 5.74) is 0. The Hall–Kier alpha value is 0.440. The Morgan fingerprint density at radius 2 is 1.78 bits per heavy atom. The second-order valence-electron chi connectivity index (χ2n) is 2.72. The van der Waals surface area contributed by atoms with E-state index < -0.39 is 0 Å². The summed E-state index contributed by atoms with van der Waals surface area (Å²) in [5.74, 6) is 0. The third-order valence-electron chi connectivity index (χ3n) is 1.90. The monoisotopic (exact) mass is 192 g/mol. The maximum Gasteiger partial charge on any atom is 0.0665 e. The van der Waals surface area contributed by atoms with E-state index in [1.54, 1.807) is 0 Å². The molecule has 2 atom stereocenters. The van der Waals surface area contributed by atoms with Crippen LogP contribution in [0.3, 0.4) is 0 Å². The van der Waals surface area contributed by atoms with Crippen molar-refractivity contribution in [2.24, 2.45) is 0 Å². The molecule has 1 aliphatic rings. The first kappa shape index (κ1) is 7.55. The van der Waals surface area contributed by atoms with Crippen LogP contribution in [0, 0.1) is 0 Å². The fourth-order valence-electron chi connectivity index (χ4n) is 1.24. The van der Waals surface area contributed by atoms with Gasteiger partial charge in [0.05, 0.1) is 6.10 Å². The van der Waals surface area contributed by atoms with Gasteiger partial charge < -0.3 is 5.11 Å². The van der Waals surface area contributed by atoms with Crippen molar-refractivity contribution in [2.45, 2.75) is 43.0 Å². The summed E-state index contributed by atoms with van der Waals surface area (Å²) in [6.45, 7) is 0. The highest BCUT2D eigenvalue weighted by Gasteiger charge is 2.17. The maximum atomic E-state index is 9.31. The van der Waals surface area contributed by atoms with Gasteiger partial charge in [0.15, 0.2) is 0 Å². The smallest absolute Gasteiger partial charge is 0.0665 e. The number of halogens is 1. The summed E-state index contributed by atoms with van der Waals surface area (Å²) >= 11 is 3.45. The predicted octanol–water partition coefficient (Wildman–Crippen LogP) is 2.07. The average molecular weight is 193 g/mol. The third-order valence-corrected chi connectivity index (χ3v) is 2.97. The van der Waals surface area contributed by atoms with E-state index in [0.717, 1.165) is 12.8 Å². The van der Waals surface area contributed by atoms with Gasteiger partial charge in [-0.2, -0.15) is 0 Å². The van der Waals surface area contributed by atoms with Gasteiger partial charge in [-0.25, -0.2) is 0 Å². The second kappa shape index (κ2) is 3.57. The first-order valence-corrected chi connectivity index (χ1v) is 4.54. The first-order valence-electron chi connectivity index (χ1n) is 3.63. The Morgan fingerprint density at radius 1 is 1.11 bits per heavy atom. The van der Waals surface area contributed by atoms with E-state index in [4.69, 9.17) is 0 Å². The lowest BCUT2D eigenvalue weighted by molar-refractivity contribution is 0.165. The van der Waals surface area contributed by atoms with Crippen molar-refractivity contribution >= 4 is 15.9 Å². The van der Waals surface area contributed by atoms with Gasteiger partial charge in [-0.1, -0.05) is 35.2 Å². The van der Waals surface area contributed by atoms with Crippen LogP contribution in [-0.2, 0) is 0 Å². The van der Waals surface area contributed by atoms with E-state index >= 15 is 0 Å². The summed E-state index contributed by atoms with van der Waals surface area (Å²) in [5, 5.41) is 9.31. The fraction of sp³-hybridized carbons (Fsp3) is 1.00. The van der Waals surface area contributed by atoms with Crippen LogP contribution in [0.2, 0.25) is 0 Å². The van der Waals surface area contributed by atoms with Gasteiger partial charge in [0.25, 0.3) is 0 Å². The molecule has 1 nitrogen and oxygen atoms in total. The number of aliphatic hydroxyl groups excluding tert-OH is 1. The number of aliphatic hydroxyl groups is 1. The van der Waals surface area contributed by atoms with Crippen LogP contribution in [0.5, 0.6) is 0 Å². The summed E-state index contributed by atoms with van der Waals surface area (Å²) in [6, 6.07) is 0. The summed E-state index contributed by atoms with van der Waals surface area (Å²) < 4.78 is 0. The van der Waals surface area contributed by atoms with Gasteiger partial charge in [0, 0.05) is 4.83 Å². The molecule has 1 rings (SSSR count). The highest BCUT2D eigenvalue weighted by Crippen LogP contribution is 2.23. The zero-order valence-electron chi connectivity index (χ0n) is 5.52. The van der Waals surface area contributed by atoms with E-state index in [9.17, 15) is 5.11 Å². The normalized spacial score (nSPS) is 38.0. The molecule has 0 saturated heterocycles. The molecule has 0 aromatic rings. The number of rotatable bonds is 0. The first-order chi connectivity index (χ1) is 4.30. The van der Waals surface area contributed by atoms with Gasteiger partial charge in [0.1, 0.15) is 0 Å². The molecule has 1 N–H and O–H groups in total. The Kier molecular flexibility index (Phi) is 2.99. The molecule has 1 saturated carbocycles. The molecular weight excluding hydrogens is 180 g/mol. The van der Waals surface area contributed by atoms with Crippen LogP contribution < -0.4 is 0 Å². The SMILES string of the molecule is O[C@H]1CCCCC[C@@H]1Br.